The first-order chi connectivity index (χ1) is 8.29. The second-order valence-corrected chi connectivity index (χ2v) is 5.61. The average Bonchev–Trinajstić information content (AvgIpc) is 2.27. The third kappa shape index (κ3) is 4.88. The molecule has 100 valence electrons. The number of hydrogen-bond acceptors (Lipinski definition) is 3. The van der Waals surface area contributed by atoms with Gasteiger partial charge in [-0.2, -0.15) is 0 Å². The smallest absolute Gasteiger partial charge is 0.323 e. The number of rotatable bonds is 4. The summed E-state index contributed by atoms with van der Waals surface area (Å²) in [6.07, 6.45) is 0. The van der Waals surface area contributed by atoms with Crippen molar-refractivity contribution < 1.29 is 9.53 Å². The summed E-state index contributed by atoms with van der Waals surface area (Å²) in [7, 11) is 1.93. The molecule has 3 heteroatoms. The number of esters is 1. The minimum atomic E-state index is -0.432. The van der Waals surface area contributed by atoms with Crippen molar-refractivity contribution in [2.45, 2.75) is 45.9 Å². The second-order valence-electron chi connectivity index (χ2n) is 5.61. The van der Waals surface area contributed by atoms with Crippen molar-refractivity contribution in [2.24, 2.45) is 0 Å². The van der Waals surface area contributed by atoms with Gasteiger partial charge in [0.2, 0.25) is 0 Å². The number of carbonyl (C=O) groups excluding carboxylic acids is 1. The van der Waals surface area contributed by atoms with Crippen LogP contribution in [0, 0.1) is 0 Å². The maximum atomic E-state index is 11.9. The van der Waals surface area contributed by atoms with E-state index >= 15 is 0 Å². The first kappa shape index (κ1) is 14.7. The quantitative estimate of drug-likeness (QED) is 0.768. The van der Waals surface area contributed by atoms with E-state index < -0.39 is 5.60 Å². The van der Waals surface area contributed by atoms with Gasteiger partial charge in [0.05, 0.1) is 0 Å². The monoisotopic (exact) mass is 249 g/mol. The van der Waals surface area contributed by atoms with Crippen LogP contribution in [0.15, 0.2) is 30.3 Å². The molecule has 1 aromatic carbocycles. The molecule has 0 aliphatic rings. The molecule has 0 saturated heterocycles. The summed E-state index contributed by atoms with van der Waals surface area (Å²) >= 11 is 0. The maximum absolute atomic E-state index is 11.9. The van der Waals surface area contributed by atoms with E-state index in [0.717, 1.165) is 6.54 Å². The summed E-state index contributed by atoms with van der Waals surface area (Å²) in [6.45, 7) is 8.26. The number of hydrogen-bond donors (Lipinski definition) is 0. The molecule has 0 amide bonds. The first-order valence-electron chi connectivity index (χ1n) is 6.26. The van der Waals surface area contributed by atoms with Crippen molar-refractivity contribution in [3.05, 3.63) is 35.9 Å². The van der Waals surface area contributed by atoms with Crippen molar-refractivity contribution in [3.8, 4) is 0 Å². The average molecular weight is 249 g/mol. The van der Waals surface area contributed by atoms with E-state index in [1.165, 1.54) is 5.56 Å². The molecule has 0 fully saturated rings. The van der Waals surface area contributed by atoms with Crippen LogP contribution >= 0.6 is 0 Å². The zero-order valence-corrected chi connectivity index (χ0v) is 11.9. The number of carbonyl (C=O) groups is 1. The van der Waals surface area contributed by atoms with E-state index in [1.54, 1.807) is 0 Å². The van der Waals surface area contributed by atoms with E-state index in [9.17, 15) is 4.79 Å². The van der Waals surface area contributed by atoms with Gasteiger partial charge in [-0.3, -0.25) is 9.69 Å². The zero-order valence-electron chi connectivity index (χ0n) is 11.9. The van der Waals surface area contributed by atoms with Crippen LogP contribution in [0.1, 0.15) is 33.3 Å². The predicted octanol–water partition coefficient (Wildman–Crippen LogP) is 2.85. The fraction of sp³-hybridized carbons (Fsp3) is 0.533. The molecular formula is C15H23NO2. The molecule has 0 radical (unpaired) electrons. The van der Waals surface area contributed by atoms with Gasteiger partial charge >= 0.3 is 5.97 Å². The Morgan fingerprint density at radius 3 is 2.33 bits per heavy atom. The van der Waals surface area contributed by atoms with Crippen molar-refractivity contribution in [1.82, 2.24) is 4.90 Å². The highest BCUT2D eigenvalue weighted by molar-refractivity contribution is 5.75. The Labute approximate surface area is 110 Å². The third-order valence-corrected chi connectivity index (χ3v) is 2.68. The predicted molar refractivity (Wildman–Crippen MR) is 73.2 cm³/mol. The molecule has 0 aliphatic carbocycles. The van der Waals surface area contributed by atoms with Gasteiger partial charge in [-0.1, -0.05) is 30.3 Å². The number of benzene rings is 1. The van der Waals surface area contributed by atoms with Gasteiger partial charge in [0, 0.05) is 6.54 Å². The van der Waals surface area contributed by atoms with Crippen LogP contribution in [-0.4, -0.2) is 29.6 Å². The van der Waals surface area contributed by atoms with E-state index in [0.29, 0.717) is 0 Å². The van der Waals surface area contributed by atoms with Gasteiger partial charge in [-0.05, 0) is 40.3 Å². The molecule has 0 bridgehead atoms. The van der Waals surface area contributed by atoms with Gasteiger partial charge in [-0.15, -0.1) is 0 Å². The van der Waals surface area contributed by atoms with Gasteiger partial charge in [-0.25, -0.2) is 0 Å². The van der Waals surface area contributed by atoms with Crippen LogP contribution in [0.25, 0.3) is 0 Å². The third-order valence-electron chi connectivity index (χ3n) is 2.68. The van der Waals surface area contributed by atoms with E-state index in [2.05, 4.69) is 12.1 Å². The van der Waals surface area contributed by atoms with Crippen LogP contribution in [0.2, 0.25) is 0 Å². The zero-order chi connectivity index (χ0) is 13.8. The lowest BCUT2D eigenvalue weighted by Gasteiger charge is -2.27. The SMILES string of the molecule is CC(C(=O)OC(C)(C)C)N(C)Cc1ccccc1. The summed E-state index contributed by atoms with van der Waals surface area (Å²) < 4.78 is 5.38. The topological polar surface area (TPSA) is 29.5 Å². The Balaban J connectivity index is 2.56. The highest BCUT2D eigenvalue weighted by Gasteiger charge is 2.24. The van der Waals surface area contributed by atoms with Gasteiger partial charge in [0.15, 0.2) is 0 Å². The molecule has 1 unspecified atom stereocenters. The Morgan fingerprint density at radius 2 is 1.83 bits per heavy atom. The number of ether oxygens (including phenoxy) is 1. The molecule has 0 saturated carbocycles. The molecule has 3 nitrogen and oxygen atoms in total. The van der Waals surface area contributed by atoms with Crippen LogP contribution in [0.3, 0.4) is 0 Å². The Morgan fingerprint density at radius 1 is 1.28 bits per heavy atom. The van der Waals surface area contributed by atoms with E-state index in [4.69, 9.17) is 4.74 Å². The summed E-state index contributed by atoms with van der Waals surface area (Å²) in [4.78, 5) is 13.9. The minimum Gasteiger partial charge on any atom is -0.459 e. The van der Waals surface area contributed by atoms with Crippen molar-refractivity contribution >= 4 is 5.97 Å². The fourth-order valence-corrected chi connectivity index (χ4v) is 1.58. The molecule has 0 heterocycles. The van der Waals surface area contributed by atoms with Gasteiger partial charge in [0.25, 0.3) is 0 Å². The van der Waals surface area contributed by atoms with Crippen molar-refractivity contribution in [3.63, 3.8) is 0 Å². The lowest BCUT2D eigenvalue weighted by Crippen LogP contribution is -2.40. The molecular weight excluding hydrogens is 226 g/mol. The summed E-state index contributed by atoms with van der Waals surface area (Å²) in [5.74, 6) is -0.180. The Hall–Kier alpha value is -1.35. The highest BCUT2D eigenvalue weighted by Crippen LogP contribution is 2.12. The normalized spacial score (nSPS) is 13.4. The van der Waals surface area contributed by atoms with E-state index in [-0.39, 0.29) is 12.0 Å². The van der Waals surface area contributed by atoms with E-state index in [1.807, 2.05) is 57.8 Å². The highest BCUT2D eigenvalue weighted by atomic mass is 16.6. The molecule has 1 aromatic rings. The maximum Gasteiger partial charge on any atom is 0.323 e. The molecule has 0 aliphatic heterocycles. The van der Waals surface area contributed by atoms with Crippen LogP contribution in [0.5, 0.6) is 0 Å². The number of likely N-dealkylation sites (N-methyl/N-ethyl adjacent to an activating group) is 1. The molecule has 0 aromatic heterocycles. The van der Waals surface area contributed by atoms with Crippen LogP contribution in [0.4, 0.5) is 0 Å². The molecule has 0 N–H and O–H groups in total. The molecule has 1 atom stereocenters. The second kappa shape index (κ2) is 6.01. The fourth-order valence-electron chi connectivity index (χ4n) is 1.58. The van der Waals surface area contributed by atoms with Gasteiger partial charge in [0.1, 0.15) is 11.6 Å². The Bertz CT molecular complexity index is 381. The summed E-state index contributed by atoms with van der Waals surface area (Å²) in [5.41, 5.74) is 0.759. The number of nitrogens with zero attached hydrogens (tertiary/aromatic N) is 1. The molecule has 0 spiro atoms. The molecule has 1 rings (SSSR count). The Kier molecular flexibility index (Phi) is 4.91. The van der Waals surface area contributed by atoms with Crippen molar-refractivity contribution in [2.75, 3.05) is 7.05 Å². The minimum absolute atomic E-state index is 0.180. The summed E-state index contributed by atoms with van der Waals surface area (Å²) in [6, 6.07) is 9.85. The molecule has 18 heavy (non-hydrogen) atoms. The standard InChI is InChI=1S/C15H23NO2/c1-12(14(17)18-15(2,3)4)16(5)11-13-9-7-6-8-10-13/h6-10,12H,11H2,1-5H3. The van der Waals surface area contributed by atoms with Crippen molar-refractivity contribution in [1.29, 1.82) is 0 Å². The lowest BCUT2D eigenvalue weighted by molar-refractivity contribution is -0.160. The summed E-state index contributed by atoms with van der Waals surface area (Å²) in [5, 5.41) is 0. The first-order valence-corrected chi connectivity index (χ1v) is 6.26. The van der Waals surface area contributed by atoms with Gasteiger partial charge < -0.3 is 4.74 Å². The van der Waals surface area contributed by atoms with Crippen LogP contribution in [-0.2, 0) is 16.1 Å². The largest absolute Gasteiger partial charge is 0.459 e. The van der Waals surface area contributed by atoms with Crippen LogP contribution < -0.4 is 0 Å². The lowest BCUT2D eigenvalue weighted by atomic mass is 10.1.